The zero-order valence-corrected chi connectivity index (χ0v) is 8.29. The summed E-state index contributed by atoms with van der Waals surface area (Å²) in [4.78, 5) is 3.84. The van der Waals surface area contributed by atoms with Crippen molar-refractivity contribution >= 4 is 21.2 Å². The Balaban J connectivity index is 2.03. The Hall–Kier alpha value is -1.30. The van der Waals surface area contributed by atoms with Crippen molar-refractivity contribution in [3.63, 3.8) is 0 Å². The number of anilines is 2. The summed E-state index contributed by atoms with van der Waals surface area (Å²) in [5, 5.41) is 3.06. The Kier molecular flexibility index (Phi) is 2.07. The Bertz CT molecular complexity index is 432. The van der Waals surface area contributed by atoms with E-state index in [0.29, 0.717) is 5.69 Å². The van der Waals surface area contributed by atoms with E-state index in [1.54, 1.807) is 12.3 Å². The topological polar surface area (TPSA) is 85.1 Å². The molecule has 0 spiro atoms. The van der Waals surface area contributed by atoms with Crippen LogP contribution in [0.2, 0.25) is 0 Å². The zero-order valence-electron chi connectivity index (χ0n) is 7.47. The highest BCUT2D eigenvalue weighted by Crippen LogP contribution is 2.21. The molecule has 2 heterocycles. The van der Waals surface area contributed by atoms with Gasteiger partial charge in [0.25, 0.3) is 0 Å². The van der Waals surface area contributed by atoms with Crippen molar-refractivity contribution in [2.45, 2.75) is 6.04 Å². The van der Waals surface area contributed by atoms with E-state index < -0.39 is 9.84 Å². The fourth-order valence-electron chi connectivity index (χ4n) is 1.41. The normalized spacial score (nSPS) is 20.0. The predicted molar refractivity (Wildman–Crippen MR) is 54.7 cm³/mol. The van der Waals surface area contributed by atoms with Crippen molar-refractivity contribution in [1.82, 2.24) is 4.98 Å². The van der Waals surface area contributed by atoms with Crippen LogP contribution in [0.1, 0.15) is 0 Å². The first-order valence-electron chi connectivity index (χ1n) is 4.23. The van der Waals surface area contributed by atoms with Crippen LogP contribution in [0.4, 0.5) is 11.4 Å². The van der Waals surface area contributed by atoms with Crippen LogP contribution in [0, 0.1) is 0 Å². The van der Waals surface area contributed by atoms with Gasteiger partial charge in [-0.2, -0.15) is 0 Å². The molecule has 1 saturated heterocycles. The van der Waals surface area contributed by atoms with Gasteiger partial charge in [0.05, 0.1) is 35.1 Å². The van der Waals surface area contributed by atoms with Gasteiger partial charge in [0.1, 0.15) is 0 Å². The number of hydrogen-bond donors (Lipinski definition) is 2. The van der Waals surface area contributed by atoms with Crippen LogP contribution in [0.5, 0.6) is 0 Å². The molecule has 1 aromatic heterocycles. The van der Waals surface area contributed by atoms with Crippen LogP contribution in [0.3, 0.4) is 0 Å². The van der Waals surface area contributed by atoms with Crippen LogP contribution < -0.4 is 11.1 Å². The maximum Gasteiger partial charge on any atom is 0.154 e. The van der Waals surface area contributed by atoms with E-state index in [-0.39, 0.29) is 17.5 Å². The standard InChI is InChI=1S/C8H11N3O2S/c9-7-3-10-2-1-8(7)11-6-4-14(12,13)5-6/h1-3,6H,4-5,9H2,(H,10,11). The third kappa shape index (κ3) is 1.79. The van der Waals surface area contributed by atoms with Crippen molar-refractivity contribution in [3.05, 3.63) is 18.5 Å². The third-order valence-corrected chi connectivity index (χ3v) is 3.94. The molecular weight excluding hydrogens is 202 g/mol. The van der Waals surface area contributed by atoms with Gasteiger partial charge in [-0.15, -0.1) is 0 Å². The summed E-state index contributed by atoms with van der Waals surface area (Å²) in [7, 11) is -2.78. The fourth-order valence-corrected chi connectivity index (χ4v) is 2.70. The average Bonchev–Trinajstić information content (AvgIpc) is 2.05. The fraction of sp³-hybridized carbons (Fsp3) is 0.375. The maximum atomic E-state index is 10.9. The van der Waals surface area contributed by atoms with E-state index >= 15 is 0 Å². The lowest BCUT2D eigenvalue weighted by atomic mass is 10.3. The van der Waals surface area contributed by atoms with Crippen molar-refractivity contribution in [3.8, 4) is 0 Å². The van der Waals surface area contributed by atoms with Gasteiger partial charge in [-0.25, -0.2) is 8.42 Å². The lowest BCUT2D eigenvalue weighted by Gasteiger charge is -2.27. The molecule has 0 saturated carbocycles. The molecule has 0 bridgehead atoms. The van der Waals surface area contributed by atoms with Crippen molar-refractivity contribution in [2.24, 2.45) is 0 Å². The molecule has 1 aliphatic rings. The molecule has 0 atom stereocenters. The van der Waals surface area contributed by atoms with Gasteiger partial charge in [-0.3, -0.25) is 4.98 Å². The monoisotopic (exact) mass is 213 g/mol. The molecule has 6 heteroatoms. The number of aromatic nitrogens is 1. The van der Waals surface area contributed by atoms with Crippen molar-refractivity contribution < 1.29 is 8.42 Å². The molecule has 0 radical (unpaired) electrons. The molecule has 3 N–H and O–H groups in total. The van der Waals surface area contributed by atoms with E-state index in [1.807, 2.05) is 0 Å². The Morgan fingerprint density at radius 3 is 2.79 bits per heavy atom. The minimum absolute atomic E-state index is 0.00954. The van der Waals surface area contributed by atoms with E-state index in [1.165, 1.54) is 6.20 Å². The van der Waals surface area contributed by atoms with Gasteiger partial charge < -0.3 is 11.1 Å². The highest BCUT2D eigenvalue weighted by Gasteiger charge is 2.33. The number of nitrogens with zero attached hydrogens (tertiary/aromatic N) is 1. The van der Waals surface area contributed by atoms with Gasteiger partial charge >= 0.3 is 0 Å². The molecule has 1 aliphatic heterocycles. The van der Waals surface area contributed by atoms with E-state index in [2.05, 4.69) is 10.3 Å². The molecule has 0 aromatic carbocycles. The first-order valence-corrected chi connectivity index (χ1v) is 6.05. The molecule has 0 amide bonds. The highest BCUT2D eigenvalue weighted by molar-refractivity contribution is 7.92. The minimum atomic E-state index is -2.78. The largest absolute Gasteiger partial charge is 0.396 e. The molecule has 76 valence electrons. The smallest absolute Gasteiger partial charge is 0.154 e. The Labute approximate surface area is 82.3 Å². The van der Waals surface area contributed by atoms with Gasteiger partial charge in [0.15, 0.2) is 9.84 Å². The number of hydrogen-bond acceptors (Lipinski definition) is 5. The molecular formula is C8H11N3O2S. The second-order valence-corrected chi connectivity index (χ2v) is 5.53. The van der Waals surface area contributed by atoms with Crippen LogP contribution in [0.15, 0.2) is 18.5 Å². The molecule has 1 aromatic rings. The number of nitrogens with two attached hydrogens (primary N) is 1. The maximum absolute atomic E-state index is 10.9. The van der Waals surface area contributed by atoms with E-state index in [4.69, 9.17) is 5.73 Å². The minimum Gasteiger partial charge on any atom is -0.396 e. The first-order chi connectivity index (χ1) is 6.57. The van der Waals surface area contributed by atoms with Crippen LogP contribution in [-0.2, 0) is 9.84 Å². The average molecular weight is 213 g/mol. The summed E-state index contributed by atoms with van der Waals surface area (Å²) in [5.74, 6) is 0.378. The lowest BCUT2D eigenvalue weighted by molar-refractivity contribution is 0.570. The van der Waals surface area contributed by atoms with E-state index in [9.17, 15) is 8.42 Å². The van der Waals surface area contributed by atoms with E-state index in [0.717, 1.165) is 5.69 Å². The first kappa shape index (κ1) is 9.26. The second-order valence-electron chi connectivity index (χ2n) is 3.38. The summed E-state index contributed by atoms with van der Waals surface area (Å²) in [6.45, 7) is 0. The number of pyridine rings is 1. The molecule has 0 aliphatic carbocycles. The second kappa shape index (κ2) is 3.13. The van der Waals surface area contributed by atoms with Gasteiger partial charge in [0, 0.05) is 6.20 Å². The van der Waals surface area contributed by atoms with Gasteiger partial charge in [0.2, 0.25) is 0 Å². The Morgan fingerprint density at radius 2 is 2.21 bits per heavy atom. The number of nitrogens with one attached hydrogen (secondary N) is 1. The summed E-state index contributed by atoms with van der Waals surface area (Å²) >= 11 is 0. The summed E-state index contributed by atoms with van der Waals surface area (Å²) < 4.78 is 21.8. The van der Waals surface area contributed by atoms with Gasteiger partial charge in [-0.1, -0.05) is 0 Å². The molecule has 1 fully saturated rings. The molecule has 0 unspecified atom stereocenters. The van der Waals surface area contributed by atoms with Crippen molar-refractivity contribution in [1.29, 1.82) is 0 Å². The summed E-state index contributed by atoms with van der Waals surface area (Å²) in [5.41, 5.74) is 6.93. The Morgan fingerprint density at radius 1 is 1.50 bits per heavy atom. The predicted octanol–water partition coefficient (Wildman–Crippen LogP) is -0.127. The quantitative estimate of drug-likeness (QED) is 0.715. The number of sulfone groups is 1. The zero-order chi connectivity index (χ0) is 10.2. The summed E-state index contributed by atoms with van der Waals surface area (Å²) in [6.07, 6.45) is 3.15. The number of rotatable bonds is 2. The molecule has 2 rings (SSSR count). The van der Waals surface area contributed by atoms with Crippen molar-refractivity contribution in [2.75, 3.05) is 22.6 Å². The van der Waals surface area contributed by atoms with Crippen LogP contribution in [0.25, 0.3) is 0 Å². The molecule has 5 nitrogen and oxygen atoms in total. The highest BCUT2D eigenvalue weighted by atomic mass is 32.2. The van der Waals surface area contributed by atoms with Crippen LogP contribution >= 0.6 is 0 Å². The van der Waals surface area contributed by atoms with Crippen LogP contribution in [-0.4, -0.2) is 30.9 Å². The molecule has 14 heavy (non-hydrogen) atoms. The summed E-state index contributed by atoms with van der Waals surface area (Å²) in [6, 6.07) is 1.73. The SMILES string of the molecule is Nc1cnccc1NC1CS(=O)(=O)C1. The lowest BCUT2D eigenvalue weighted by Crippen LogP contribution is -2.46. The number of nitrogen functional groups attached to an aromatic ring is 1. The van der Waals surface area contributed by atoms with Gasteiger partial charge in [-0.05, 0) is 6.07 Å². The third-order valence-electron chi connectivity index (χ3n) is 2.12.